The minimum absolute atomic E-state index is 0.303. The summed E-state index contributed by atoms with van der Waals surface area (Å²) in [7, 11) is 0. The van der Waals surface area contributed by atoms with Crippen molar-refractivity contribution in [2.24, 2.45) is 0 Å². The van der Waals surface area contributed by atoms with Gasteiger partial charge in [-0.2, -0.15) is 13.2 Å². The van der Waals surface area contributed by atoms with E-state index in [2.05, 4.69) is 17.9 Å². The van der Waals surface area contributed by atoms with Gasteiger partial charge in [0, 0.05) is 18.3 Å². The number of hydrogen-bond acceptors (Lipinski definition) is 1. The molecule has 2 aromatic carbocycles. The summed E-state index contributed by atoms with van der Waals surface area (Å²) < 4.78 is 38.4. The average molecular weight is 291 g/mol. The number of hydrogen-bond donors (Lipinski definition) is 0. The molecule has 3 rings (SSSR count). The van der Waals surface area contributed by atoms with Crippen LogP contribution >= 0.6 is 0 Å². The van der Waals surface area contributed by atoms with E-state index in [-0.39, 0.29) is 0 Å². The highest BCUT2D eigenvalue weighted by molar-refractivity contribution is 5.59. The van der Waals surface area contributed by atoms with E-state index < -0.39 is 11.7 Å². The van der Waals surface area contributed by atoms with Gasteiger partial charge in [-0.25, -0.2) is 0 Å². The summed E-state index contributed by atoms with van der Waals surface area (Å²) in [4.78, 5) is 2.17. The second-order valence-corrected chi connectivity index (χ2v) is 5.51. The Morgan fingerprint density at radius 3 is 2.62 bits per heavy atom. The predicted octanol–water partition coefficient (Wildman–Crippen LogP) is 4.66. The van der Waals surface area contributed by atoms with Crippen molar-refractivity contribution in [2.75, 3.05) is 4.90 Å². The zero-order valence-corrected chi connectivity index (χ0v) is 11.7. The van der Waals surface area contributed by atoms with E-state index in [4.69, 9.17) is 0 Å². The van der Waals surface area contributed by atoms with Gasteiger partial charge < -0.3 is 4.90 Å². The Bertz CT molecular complexity index is 648. The second kappa shape index (κ2) is 5.10. The molecule has 1 nitrogen and oxygen atoms in total. The topological polar surface area (TPSA) is 3.24 Å². The molecule has 1 atom stereocenters. The molecule has 0 spiro atoms. The number of fused-ring (bicyclic) bond motifs is 1. The first-order chi connectivity index (χ1) is 9.95. The molecule has 1 heterocycles. The molecular formula is C17H16F3N. The Hall–Kier alpha value is -1.97. The van der Waals surface area contributed by atoms with E-state index in [9.17, 15) is 13.2 Å². The summed E-state index contributed by atoms with van der Waals surface area (Å²) in [5.41, 5.74) is 2.49. The molecule has 0 N–H and O–H groups in total. The first kappa shape index (κ1) is 14.0. The fourth-order valence-electron chi connectivity index (χ4n) is 2.91. The Kier molecular flexibility index (Phi) is 3.40. The molecule has 21 heavy (non-hydrogen) atoms. The molecule has 0 saturated carbocycles. The van der Waals surface area contributed by atoms with Crippen molar-refractivity contribution >= 4 is 5.69 Å². The van der Waals surface area contributed by atoms with Gasteiger partial charge in [0.1, 0.15) is 0 Å². The molecule has 0 amide bonds. The molecule has 0 bridgehead atoms. The molecule has 1 aliphatic rings. The first-order valence-electron chi connectivity index (χ1n) is 6.96. The highest BCUT2D eigenvalue weighted by Gasteiger charge is 2.31. The number of halogens is 3. The van der Waals surface area contributed by atoms with E-state index in [0.29, 0.717) is 18.2 Å². The van der Waals surface area contributed by atoms with Crippen LogP contribution in [0, 0.1) is 0 Å². The monoisotopic (exact) mass is 291 g/mol. The Morgan fingerprint density at radius 2 is 1.86 bits per heavy atom. The lowest BCUT2D eigenvalue weighted by molar-refractivity contribution is -0.137. The van der Waals surface area contributed by atoms with Gasteiger partial charge in [0.25, 0.3) is 0 Å². The minimum atomic E-state index is -4.29. The lowest BCUT2D eigenvalue weighted by atomic mass is 10.1. The van der Waals surface area contributed by atoms with Gasteiger partial charge in [0.05, 0.1) is 5.56 Å². The van der Waals surface area contributed by atoms with Gasteiger partial charge in [0.15, 0.2) is 0 Å². The molecule has 0 aromatic heterocycles. The number of nitrogens with zero attached hydrogens (tertiary/aromatic N) is 1. The van der Waals surface area contributed by atoms with Crippen molar-refractivity contribution in [2.45, 2.75) is 32.1 Å². The van der Waals surface area contributed by atoms with Gasteiger partial charge in [-0.3, -0.25) is 0 Å². The fourth-order valence-corrected chi connectivity index (χ4v) is 2.91. The maximum absolute atomic E-state index is 12.8. The molecule has 4 heteroatoms. The number of rotatable bonds is 2. The molecule has 1 aliphatic heterocycles. The maximum Gasteiger partial charge on any atom is 0.416 e. The van der Waals surface area contributed by atoms with Gasteiger partial charge in [0.2, 0.25) is 0 Å². The third-order valence-corrected chi connectivity index (χ3v) is 3.96. The van der Waals surface area contributed by atoms with Crippen LogP contribution < -0.4 is 4.90 Å². The Balaban J connectivity index is 1.88. The number of alkyl halides is 3. The minimum Gasteiger partial charge on any atom is -0.364 e. The van der Waals surface area contributed by atoms with E-state index in [1.165, 1.54) is 17.7 Å². The number of para-hydroxylation sites is 1. The van der Waals surface area contributed by atoms with Gasteiger partial charge in [-0.05, 0) is 42.7 Å². The first-order valence-corrected chi connectivity index (χ1v) is 6.96. The normalized spacial score (nSPS) is 17.9. The van der Waals surface area contributed by atoms with Crippen molar-refractivity contribution in [3.05, 3.63) is 65.2 Å². The lowest BCUT2D eigenvalue weighted by Crippen LogP contribution is -2.28. The molecule has 2 aromatic rings. The van der Waals surface area contributed by atoms with Crippen molar-refractivity contribution in [1.82, 2.24) is 0 Å². The molecule has 0 radical (unpaired) electrons. The predicted molar refractivity (Wildman–Crippen MR) is 77.2 cm³/mol. The van der Waals surface area contributed by atoms with Crippen LogP contribution in [0.3, 0.4) is 0 Å². The van der Waals surface area contributed by atoms with Crippen molar-refractivity contribution in [3.8, 4) is 0 Å². The summed E-state index contributed by atoms with van der Waals surface area (Å²) in [5, 5.41) is 0. The largest absolute Gasteiger partial charge is 0.416 e. The van der Waals surface area contributed by atoms with Crippen LogP contribution in [0.25, 0.3) is 0 Å². The smallest absolute Gasteiger partial charge is 0.364 e. The second-order valence-electron chi connectivity index (χ2n) is 5.51. The Labute approximate surface area is 122 Å². The molecule has 1 unspecified atom stereocenters. The van der Waals surface area contributed by atoms with Gasteiger partial charge >= 0.3 is 6.18 Å². The van der Waals surface area contributed by atoms with Crippen LogP contribution in [-0.4, -0.2) is 6.04 Å². The zero-order valence-electron chi connectivity index (χ0n) is 11.7. The van der Waals surface area contributed by atoms with Crippen LogP contribution in [0.15, 0.2) is 48.5 Å². The van der Waals surface area contributed by atoms with Crippen LogP contribution in [-0.2, 0) is 19.1 Å². The highest BCUT2D eigenvalue weighted by atomic mass is 19.4. The summed E-state index contributed by atoms with van der Waals surface area (Å²) in [6, 6.07) is 14.0. The number of anilines is 1. The standard InChI is InChI=1S/C17H16F3N/c1-12-9-14-6-2-3-8-16(14)21(12)11-13-5-4-7-15(10-13)17(18,19)20/h2-8,10,12H,9,11H2,1H3. The SMILES string of the molecule is CC1Cc2ccccc2N1Cc1cccc(C(F)(F)F)c1. The van der Waals surface area contributed by atoms with Crippen LogP contribution in [0.4, 0.5) is 18.9 Å². The van der Waals surface area contributed by atoms with Gasteiger partial charge in [-0.1, -0.05) is 30.3 Å². The van der Waals surface area contributed by atoms with Crippen LogP contribution in [0.5, 0.6) is 0 Å². The molecule has 0 saturated heterocycles. The van der Waals surface area contributed by atoms with E-state index in [1.807, 2.05) is 18.2 Å². The zero-order chi connectivity index (χ0) is 15.0. The molecule has 0 aliphatic carbocycles. The molecule has 0 fully saturated rings. The maximum atomic E-state index is 12.8. The summed E-state index contributed by atoms with van der Waals surface area (Å²) >= 11 is 0. The summed E-state index contributed by atoms with van der Waals surface area (Å²) in [6.45, 7) is 2.61. The van der Waals surface area contributed by atoms with Crippen LogP contribution in [0.2, 0.25) is 0 Å². The molecule has 110 valence electrons. The van der Waals surface area contributed by atoms with E-state index in [0.717, 1.165) is 18.2 Å². The number of benzene rings is 2. The third-order valence-electron chi connectivity index (χ3n) is 3.96. The van der Waals surface area contributed by atoms with Crippen LogP contribution in [0.1, 0.15) is 23.6 Å². The van der Waals surface area contributed by atoms with Gasteiger partial charge in [-0.15, -0.1) is 0 Å². The summed E-state index contributed by atoms with van der Waals surface area (Å²) in [6.07, 6.45) is -3.35. The van der Waals surface area contributed by atoms with E-state index >= 15 is 0 Å². The van der Waals surface area contributed by atoms with Crippen molar-refractivity contribution < 1.29 is 13.2 Å². The summed E-state index contributed by atoms with van der Waals surface area (Å²) in [5.74, 6) is 0. The lowest BCUT2D eigenvalue weighted by Gasteiger charge is -2.25. The van der Waals surface area contributed by atoms with Crippen molar-refractivity contribution in [3.63, 3.8) is 0 Å². The van der Waals surface area contributed by atoms with Crippen molar-refractivity contribution in [1.29, 1.82) is 0 Å². The van der Waals surface area contributed by atoms with E-state index in [1.54, 1.807) is 6.07 Å². The quantitative estimate of drug-likeness (QED) is 0.778. The average Bonchev–Trinajstić information content (AvgIpc) is 2.75. The third kappa shape index (κ3) is 2.75. The fraction of sp³-hybridized carbons (Fsp3) is 0.294. The Morgan fingerprint density at radius 1 is 1.10 bits per heavy atom. The highest BCUT2D eigenvalue weighted by Crippen LogP contribution is 2.34. The molecular weight excluding hydrogens is 275 g/mol.